The lowest BCUT2D eigenvalue weighted by atomic mass is 10.1. The smallest absolute Gasteiger partial charge is 0.239 e. The maximum absolute atomic E-state index is 11.7. The van der Waals surface area contributed by atoms with Crippen LogP contribution in [-0.2, 0) is 11.3 Å². The molecule has 17 heavy (non-hydrogen) atoms. The SMILES string of the molecule is CC(N)C(=O)N(C)Cc1coc2ccccc12. The van der Waals surface area contributed by atoms with Crippen molar-refractivity contribution in [3.8, 4) is 0 Å². The molecule has 1 atom stereocenters. The van der Waals surface area contributed by atoms with Crippen molar-refractivity contribution in [2.45, 2.75) is 19.5 Å². The number of furan rings is 1. The Morgan fingerprint density at radius 2 is 2.18 bits per heavy atom. The van der Waals surface area contributed by atoms with E-state index in [9.17, 15) is 4.79 Å². The molecule has 1 aromatic heterocycles. The molecule has 2 aromatic rings. The van der Waals surface area contributed by atoms with Gasteiger partial charge in [0.15, 0.2) is 0 Å². The van der Waals surface area contributed by atoms with Gasteiger partial charge in [-0.25, -0.2) is 0 Å². The second-order valence-electron chi connectivity index (χ2n) is 4.24. The van der Waals surface area contributed by atoms with E-state index in [4.69, 9.17) is 10.2 Å². The number of nitrogens with zero attached hydrogens (tertiary/aromatic N) is 1. The molecule has 0 fully saturated rings. The second kappa shape index (κ2) is 4.59. The molecule has 1 heterocycles. The predicted octanol–water partition coefficient (Wildman–Crippen LogP) is 1.74. The summed E-state index contributed by atoms with van der Waals surface area (Å²) < 4.78 is 5.42. The van der Waals surface area contributed by atoms with Gasteiger partial charge >= 0.3 is 0 Å². The van der Waals surface area contributed by atoms with Gasteiger partial charge in [-0.1, -0.05) is 18.2 Å². The summed E-state index contributed by atoms with van der Waals surface area (Å²) in [6, 6.07) is 7.30. The number of carbonyl (C=O) groups excluding carboxylic acids is 1. The molecule has 0 radical (unpaired) electrons. The fraction of sp³-hybridized carbons (Fsp3) is 0.308. The number of para-hydroxylation sites is 1. The Balaban J connectivity index is 2.21. The topological polar surface area (TPSA) is 59.5 Å². The number of likely N-dealkylation sites (N-methyl/N-ethyl adjacent to an activating group) is 1. The van der Waals surface area contributed by atoms with E-state index in [1.54, 1.807) is 25.1 Å². The highest BCUT2D eigenvalue weighted by molar-refractivity contribution is 5.83. The molecule has 2 N–H and O–H groups in total. The third kappa shape index (κ3) is 2.31. The van der Waals surface area contributed by atoms with Crippen molar-refractivity contribution in [3.63, 3.8) is 0 Å². The molecule has 0 bridgehead atoms. The molecule has 4 heteroatoms. The number of carbonyl (C=O) groups is 1. The Labute approximate surface area is 100.0 Å². The number of hydrogen-bond acceptors (Lipinski definition) is 3. The lowest BCUT2D eigenvalue weighted by molar-refractivity contribution is -0.131. The van der Waals surface area contributed by atoms with Gasteiger partial charge in [0.25, 0.3) is 0 Å². The highest BCUT2D eigenvalue weighted by atomic mass is 16.3. The molecular formula is C13H16N2O2. The van der Waals surface area contributed by atoms with Gasteiger partial charge in [-0.15, -0.1) is 0 Å². The first kappa shape index (κ1) is 11.7. The van der Waals surface area contributed by atoms with Gasteiger partial charge in [0, 0.05) is 24.5 Å². The van der Waals surface area contributed by atoms with Gasteiger partial charge in [-0.05, 0) is 13.0 Å². The number of benzene rings is 1. The first-order chi connectivity index (χ1) is 8.09. The maximum Gasteiger partial charge on any atom is 0.239 e. The predicted molar refractivity (Wildman–Crippen MR) is 66.3 cm³/mol. The largest absolute Gasteiger partial charge is 0.464 e. The van der Waals surface area contributed by atoms with Crippen LogP contribution in [-0.4, -0.2) is 23.9 Å². The van der Waals surface area contributed by atoms with Gasteiger partial charge in [-0.3, -0.25) is 4.79 Å². The van der Waals surface area contributed by atoms with E-state index in [-0.39, 0.29) is 5.91 Å². The second-order valence-corrected chi connectivity index (χ2v) is 4.24. The lowest BCUT2D eigenvalue weighted by Gasteiger charge is -2.18. The molecule has 0 aliphatic heterocycles. The number of amides is 1. The minimum atomic E-state index is -0.474. The maximum atomic E-state index is 11.7. The fourth-order valence-corrected chi connectivity index (χ4v) is 1.84. The molecular weight excluding hydrogens is 216 g/mol. The fourth-order valence-electron chi connectivity index (χ4n) is 1.84. The summed E-state index contributed by atoms with van der Waals surface area (Å²) in [5, 5.41) is 1.04. The standard InChI is InChI=1S/C13H16N2O2/c1-9(14)13(16)15(2)7-10-8-17-12-6-4-3-5-11(10)12/h3-6,8-9H,7,14H2,1-2H3. The number of nitrogens with two attached hydrogens (primary N) is 1. The van der Waals surface area contributed by atoms with Crippen LogP contribution < -0.4 is 5.73 Å². The van der Waals surface area contributed by atoms with Gasteiger partial charge in [0.1, 0.15) is 5.58 Å². The summed E-state index contributed by atoms with van der Waals surface area (Å²) in [7, 11) is 1.74. The van der Waals surface area contributed by atoms with Gasteiger partial charge in [0.2, 0.25) is 5.91 Å². The zero-order valence-electron chi connectivity index (χ0n) is 10.0. The molecule has 1 aromatic carbocycles. The van der Waals surface area contributed by atoms with Crippen molar-refractivity contribution < 1.29 is 9.21 Å². The van der Waals surface area contributed by atoms with E-state index < -0.39 is 6.04 Å². The average molecular weight is 232 g/mol. The Morgan fingerprint density at radius 3 is 2.88 bits per heavy atom. The highest BCUT2D eigenvalue weighted by Crippen LogP contribution is 2.21. The third-order valence-electron chi connectivity index (χ3n) is 2.73. The van der Waals surface area contributed by atoms with E-state index in [2.05, 4.69) is 0 Å². The Hall–Kier alpha value is -1.81. The van der Waals surface area contributed by atoms with Crippen LogP contribution in [0.3, 0.4) is 0 Å². The van der Waals surface area contributed by atoms with Crippen LogP contribution in [0.15, 0.2) is 34.9 Å². The van der Waals surface area contributed by atoms with Crippen LogP contribution in [0.25, 0.3) is 11.0 Å². The molecule has 90 valence electrons. The van der Waals surface area contributed by atoms with Crippen molar-refractivity contribution in [3.05, 3.63) is 36.1 Å². The molecule has 2 rings (SSSR count). The van der Waals surface area contributed by atoms with Crippen molar-refractivity contribution in [1.82, 2.24) is 4.90 Å². The van der Waals surface area contributed by atoms with Crippen LogP contribution in [0.2, 0.25) is 0 Å². The first-order valence-electron chi connectivity index (χ1n) is 5.55. The molecule has 1 amide bonds. The summed E-state index contributed by atoms with van der Waals surface area (Å²) >= 11 is 0. The normalized spacial score (nSPS) is 12.6. The summed E-state index contributed by atoms with van der Waals surface area (Å²) in [6.45, 7) is 2.20. The van der Waals surface area contributed by atoms with Gasteiger partial charge < -0.3 is 15.1 Å². The van der Waals surface area contributed by atoms with Crippen molar-refractivity contribution in [1.29, 1.82) is 0 Å². The van der Waals surface area contributed by atoms with E-state index >= 15 is 0 Å². The molecule has 0 aliphatic rings. The molecule has 0 spiro atoms. The van der Waals surface area contributed by atoms with Crippen molar-refractivity contribution in [2.24, 2.45) is 5.73 Å². The van der Waals surface area contributed by atoms with E-state index in [1.807, 2.05) is 24.3 Å². The Kier molecular flexibility index (Phi) is 3.15. The first-order valence-corrected chi connectivity index (χ1v) is 5.55. The van der Waals surface area contributed by atoms with Crippen molar-refractivity contribution >= 4 is 16.9 Å². The van der Waals surface area contributed by atoms with Crippen LogP contribution >= 0.6 is 0 Å². The molecule has 0 aliphatic carbocycles. The number of fused-ring (bicyclic) bond motifs is 1. The quantitative estimate of drug-likeness (QED) is 0.876. The highest BCUT2D eigenvalue weighted by Gasteiger charge is 2.15. The number of hydrogen-bond donors (Lipinski definition) is 1. The summed E-state index contributed by atoms with van der Waals surface area (Å²) in [5.41, 5.74) is 7.40. The summed E-state index contributed by atoms with van der Waals surface area (Å²) in [6.07, 6.45) is 1.69. The van der Waals surface area contributed by atoms with E-state index in [0.717, 1.165) is 16.5 Å². The van der Waals surface area contributed by atoms with E-state index in [1.165, 1.54) is 0 Å². The molecule has 4 nitrogen and oxygen atoms in total. The molecule has 0 saturated heterocycles. The minimum absolute atomic E-state index is 0.0738. The third-order valence-corrected chi connectivity index (χ3v) is 2.73. The van der Waals surface area contributed by atoms with E-state index in [0.29, 0.717) is 6.54 Å². The summed E-state index contributed by atoms with van der Waals surface area (Å²) in [4.78, 5) is 13.3. The van der Waals surface area contributed by atoms with Crippen LogP contribution in [0.1, 0.15) is 12.5 Å². The van der Waals surface area contributed by atoms with Crippen LogP contribution in [0.5, 0.6) is 0 Å². The van der Waals surface area contributed by atoms with Gasteiger partial charge in [0.05, 0.1) is 12.3 Å². The monoisotopic (exact) mass is 232 g/mol. The molecule has 1 unspecified atom stereocenters. The zero-order chi connectivity index (χ0) is 12.4. The summed E-state index contributed by atoms with van der Waals surface area (Å²) in [5.74, 6) is -0.0738. The van der Waals surface area contributed by atoms with Crippen LogP contribution in [0.4, 0.5) is 0 Å². The molecule has 0 saturated carbocycles. The number of rotatable bonds is 3. The minimum Gasteiger partial charge on any atom is -0.464 e. The zero-order valence-corrected chi connectivity index (χ0v) is 10.0. The van der Waals surface area contributed by atoms with Crippen LogP contribution in [0, 0.1) is 0 Å². The average Bonchev–Trinajstić information content (AvgIpc) is 2.71. The van der Waals surface area contributed by atoms with Gasteiger partial charge in [-0.2, -0.15) is 0 Å². The lowest BCUT2D eigenvalue weighted by Crippen LogP contribution is -2.39. The van der Waals surface area contributed by atoms with Crippen molar-refractivity contribution in [2.75, 3.05) is 7.05 Å². The Morgan fingerprint density at radius 1 is 1.47 bits per heavy atom. The Bertz CT molecular complexity index is 531.